The predicted molar refractivity (Wildman–Crippen MR) is 66.0 cm³/mol. The summed E-state index contributed by atoms with van der Waals surface area (Å²) < 4.78 is 0. The van der Waals surface area contributed by atoms with Crippen LogP contribution in [0.5, 0.6) is 0 Å². The Kier molecular flexibility index (Phi) is 4.93. The predicted octanol–water partition coefficient (Wildman–Crippen LogP) is 1.52. The molecule has 0 bridgehead atoms. The fraction of sp³-hybridized carbons (Fsp3) is 0.909. The molecule has 1 rings (SSSR count). The second kappa shape index (κ2) is 5.75. The van der Waals surface area contributed by atoms with Crippen LogP contribution in [0.3, 0.4) is 0 Å². The molecule has 1 heterocycles. The number of carbonyl (C=O) groups excluding carboxylic acids is 1. The quantitative estimate of drug-likeness (QED) is 0.770. The molecule has 88 valence electrons. The van der Waals surface area contributed by atoms with E-state index < -0.39 is 0 Å². The standard InChI is InChI=1S/C11H22N2OS/c1-11(2,12)6-3-10(14)13-9-4-7-15-8-5-9/h9H,3-8,12H2,1-2H3,(H,13,14). The Bertz CT molecular complexity index is 207. The van der Waals surface area contributed by atoms with Gasteiger partial charge in [0, 0.05) is 18.0 Å². The van der Waals surface area contributed by atoms with Gasteiger partial charge in [-0.3, -0.25) is 4.79 Å². The summed E-state index contributed by atoms with van der Waals surface area (Å²) in [7, 11) is 0. The number of hydrogen-bond acceptors (Lipinski definition) is 3. The lowest BCUT2D eigenvalue weighted by atomic mass is 9.99. The largest absolute Gasteiger partial charge is 0.353 e. The van der Waals surface area contributed by atoms with Gasteiger partial charge in [0.15, 0.2) is 0 Å². The van der Waals surface area contributed by atoms with E-state index in [0.29, 0.717) is 12.5 Å². The summed E-state index contributed by atoms with van der Waals surface area (Å²) in [5.74, 6) is 2.51. The third-order valence-corrected chi connectivity index (χ3v) is 3.63. The number of thioether (sulfide) groups is 1. The lowest BCUT2D eigenvalue weighted by Crippen LogP contribution is -2.39. The van der Waals surface area contributed by atoms with Gasteiger partial charge in [0.05, 0.1) is 0 Å². The maximum Gasteiger partial charge on any atom is 0.220 e. The highest BCUT2D eigenvalue weighted by Crippen LogP contribution is 2.17. The van der Waals surface area contributed by atoms with E-state index in [0.717, 1.165) is 19.3 Å². The molecule has 1 aliphatic heterocycles. The van der Waals surface area contributed by atoms with Crippen molar-refractivity contribution in [2.24, 2.45) is 5.73 Å². The van der Waals surface area contributed by atoms with E-state index in [2.05, 4.69) is 5.32 Å². The van der Waals surface area contributed by atoms with Gasteiger partial charge in [0.1, 0.15) is 0 Å². The zero-order valence-corrected chi connectivity index (χ0v) is 10.5. The van der Waals surface area contributed by atoms with Crippen molar-refractivity contribution in [3.05, 3.63) is 0 Å². The summed E-state index contributed by atoms with van der Waals surface area (Å²) in [6, 6.07) is 0.402. The highest BCUT2D eigenvalue weighted by Gasteiger charge is 2.17. The third kappa shape index (κ3) is 6.05. The van der Waals surface area contributed by atoms with E-state index in [9.17, 15) is 4.79 Å². The van der Waals surface area contributed by atoms with Gasteiger partial charge in [-0.15, -0.1) is 0 Å². The Morgan fingerprint density at radius 1 is 1.47 bits per heavy atom. The molecule has 0 atom stereocenters. The van der Waals surface area contributed by atoms with Crippen molar-refractivity contribution < 1.29 is 4.79 Å². The fourth-order valence-electron chi connectivity index (χ4n) is 1.58. The number of nitrogens with one attached hydrogen (secondary N) is 1. The van der Waals surface area contributed by atoms with Crippen molar-refractivity contribution in [3.8, 4) is 0 Å². The van der Waals surface area contributed by atoms with Gasteiger partial charge in [-0.05, 0) is 44.6 Å². The highest BCUT2D eigenvalue weighted by atomic mass is 32.2. The maximum absolute atomic E-state index is 11.6. The van der Waals surface area contributed by atoms with Gasteiger partial charge in [-0.25, -0.2) is 0 Å². The van der Waals surface area contributed by atoms with Gasteiger partial charge in [0.25, 0.3) is 0 Å². The topological polar surface area (TPSA) is 55.1 Å². The smallest absolute Gasteiger partial charge is 0.220 e. The molecule has 3 N–H and O–H groups in total. The van der Waals surface area contributed by atoms with Gasteiger partial charge in [-0.2, -0.15) is 11.8 Å². The Balaban J connectivity index is 2.17. The zero-order valence-electron chi connectivity index (χ0n) is 9.71. The van der Waals surface area contributed by atoms with Crippen LogP contribution in [0.1, 0.15) is 39.5 Å². The Hall–Kier alpha value is -0.220. The number of hydrogen-bond donors (Lipinski definition) is 2. The van der Waals surface area contributed by atoms with E-state index in [1.165, 1.54) is 11.5 Å². The van der Waals surface area contributed by atoms with E-state index in [1.807, 2.05) is 25.6 Å². The van der Waals surface area contributed by atoms with E-state index in [-0.39, 0.29) is 11.4 Å². The molecule has 15 heavy (non-hydrogen) atoms. The minimum atomic E-state index is -0.236. The second-order valence-corrected chi connectivity index (χ2v) is 6.17. The van der Waals surface area contributed by atoms with Crippen LogP contribution in [0.4, 0.5) is 0 Å². The molecule has 3 nitrogen and oxygen atoms in total. The number of rotatable bonds is 4. The fourth-order valence-corrected chi connectivity index (χ4v) is 2.68. The first kappa shape index (κ1) is 12.8. The summed E-state index contributed by atoms with van der Waals surface area (Å²) >= 11 is 1.97. The zero-order chi connectivity index (χ0) is 11.3. The molecule has 0 aliphatic carbocycles. The van der Waals surface area contributed by atoms with E-state index >= 15 is 0 Å². The first-order valence-corrected chi connectivity index (χ1v) is 6.79. The minimum absolute atomic E-state index is 0.158. The Labute approximate surface area is 96.6 Å². The molecule has 0 aromatic rings. The summed E-state index contributed by atoms with van der Waals surface area (Å²) in [6.45, 7) is 3.91. The third-order valence-electron chi connectivity index (χ3n) is 2.58. The molecule has 1 amide bonds. The van der Waals surface area contributed by atoms with Gasteiger partial charge >= 0.3 is 0 Å². The molecule has 4 heteroatoms. The first-order chi connectivity index (χ1) is 6.97. The van der Waals surface area contributed by atoms with Crippen LogP contribution in [0.2, 0.25) is 0 Å². The van der Waals surface area contributed by atoms with Crippen LogP contribution in [0, 0.1) is 0 Å². The average Bonchev–Trinajstić information content (AvgIpc) is 2.15. The van der Waals surface area contributed by atoms with Crippen molar-refractivity contribution in [2.75, 3.05) is 11.5 Å². The summed E-state index contributed by atoms with van der Waals surface area (Å²) in [6.07, 6.45) is 3.53. The van der Waals surface area contributed by atoms with Gasteiger partial charge in [0.2, 0.25) is 5.91 Å². The second-order valence-electron chi connectivity index (χ2n) is 4.94. The molecular weight excluding hydrogens is 208 g/mol. The maximum atomic E-state index is 11.6. The molecule has 0 radical (unpaired) electrons. The monoisotopic (exact) mass is 230 g/mol. The molecule has 0 aromatic carbocycles. The average molecular weight is 230 g/mol. The lowest BCUT2D eigenvalue weighted by molar-refractivity contribution is -0.122. The summed E-state index contributed by atoms with van der Waals surface area (Å²) in [5, 5.41) is 3.08. The molecule has 0 unspecified atom stereocenters. The summed E-state index contributed by atoms with van der Waals surface area (Å²) in [4.78, 5) is 11.6. The SMILES string of the molecule is CC(C)(N)CCC(=O)NC1CCSCC1. The number of carbonyl (C=O) groups is 1. The van der Waals surface area contributed by atoms with Crippen molar-refractivity contribution >= 4 is 17.7 Å². The molecule has 0 saturated carbocycles. The highest BCUT2D eigenvalue weighted by molar-refractivity contribution is 7.99. The molecular formula is C11H22N2OS. The van der Waals surface area contributed by atoms with Crippen LogP contribution in [0.25, 0.3) is 0 Å². The van der Waals surface area contributed by atoms with Gasteiger partial charge < -0.3 is 11.1 Å². The van der Waals surface area contributed by atoms with Crippen molar-refractivity contribution in [1.82, 2.24) is 5.32 Å². The molecule has 1 fully saturated rings. The minimum Gasteiger partial charge on any atom is -0.353 e. The van der Waals surface area contributed by atoms with Crippen LogP contribution in [-0.4, -0.2) is 29.0 Å². The lowest BCUT2D eigenvalue weighted by Gasteiger charge is -2.23. The molecule has 0 spiro atoms. The first-order valence-electron chi connectivity index (χ1n) is 5.63. The molecule has 1 saturated heterocycles. The molecule has 0 aromatic heterocycles. The van der Waals surface area contributed by atoms with Crippen LogP contribution in [0.15, 0.2) is 0 Å². The summed E-state index contributed by atoms with van der Waals surface area (Å²) in [5.41, 5.74) is 5.60. The Morgan fingerprint density at radius 2 is 2.07 bits per heavy atom. The van der Waals surface area contributed by atoms with Crippen LogP contribution >= 0.6 is 11.8 Å². The van der Waals surface area contributed by atoms with E-state index in [1.54, 1.807) is 0 Å². The molecule has 1 aliphatic rings. The van der Waals surface area contributed by atoms with Crippen molar-refractivity contribution in [1.29, 1.82) is 0 Å². The normalized spacial score (nSPS) is 18.9. The number of nitrogens with two attached hydrogens (primary N) is 1. The van der Waals surface area contributed by atoms with Crippen molar-refractivity contribution in [3.63, 3.8) is 0 Å². The van der Waals surface area contributed by atoms with E-state index in [4.69, 9.17) is 5.73 Å². The Morgan fingerprint density at radius 3 is 2.60 bits per heavy atom. The van der Waals surface area contributed by atoms with Crippen molar-refractivity contribution in [2.45, 2.75) is 51.1 Å². The van der Waals surface area contributed by atoms with Gasteiger partial charge in [-0.1, -0.05) is 0 Å². The number of amides is 1. The van der Waals surface area contributed by atoms with Crippen LogP contribution < -0.4 is 11.1 Å². The van der Waals surface area contributed by atoms with Crippen LogP contribution in [-0.2, 0) is 4.79 Å².